The molecule has 0 aromatic heterocycles. The maximum Gasteiger partial charge on any atom is 0.254 e. The summed E-state index contributed by atoms with van der Waals surface area (Å²) in [6.45, 7) is 9.94. The standard InChI is InChI=1S/C26H30N2O2/c1-16-12-19-14-23-25(2,3)26(4,20(19)15-22(16)30-5)9-11-28(23)24(29)18-6-7-21-17(13-18)8-10-27-21/h6-7,10,12-13,15,23H,8-9,11,14H2,1-5H3/t23-,26+/m1/s1. The average molecular weight is 403 g/mol. The van der Waals surface area contributed by atoms with E-state index in [1.807, 2.05) is 24.4 Å². The van der Waals surface area contributed by atoms with E-state index in [9.17, 15) is 4.79 Å². The molecular weight excluding hydrogens is 372 g/mol. The Kier molecular flexibility index (Phi) is 4.15. The van der Waals surface area contributed by atoms with E-state index in [4.69, 9.17) is 4.74 Å². The summed E-state index contributed by atoms with van der Waals surface area (Å²) in [5.41, 5.74) is 6.83. The average Bonchev–Trinajstić information content (AvgIpc) is 3.18. The van der Waals surface area contributed by atoms with E-state index in [1.165, 1.54) is 11.1 Å². The summed E-state index contributed by atoms with van der Waals surface area (Å²) < 4.78 is 5.64. The second-order valence-corrected chi connectivity index (χ2v) is 9.86. The lowest BCUT2D eigenvalue weighted by Gasteiger charge is -2.61. The number of hydrogen-bond acceptors (Lipinski definition) is 3. The van der Waals surface area contributed by atoms with Gasteiger partial charge in [-0.05, 0) is 71.7 Å². The van der Waals surface area contributed by atoms with Crippen molar-refractivity contribution in [3.63, 3.8) is 0 Å². The molecule has 4 heteroatoms. The molecule has 2 atom stereocenters. The van der Waals surface area contributed by atoms with E-state index < -0.39 is 0 Å². The summed E-state index contributed by atoms with van der Waals surface area (Å²) in [6, 6.07) is 10.7. The molecule has 3 aliphatic rings. The van der Waals surface area contributed by atoms with Crippen LogP contribution in [-0.2, 0) is 18.3 Å². The van der Waals surface area contributed by atoms with Crippen LogP contribution < -0.4 is 4.74 Å². The van der Waals surface area contributed by atoms with Gasteiger partial charge >= 0.3 is 0 Å². The van der Waals surface area contributed by atoms with Gasteiger partial charge in [0, 0.05) is 36.2 Å². The van der Waals surface area contributed by atoms with Crippen molar-refractivity contribution in [2.24, 2.45) is 10.4 Å². The van der Waals surface area contributed by atoms with E-state index in [-0.39, 0.29) is 22.8 Å². The molecule has 1 fully saturated rings. The Labute approximate surface area is 179 Å². The minimum Gasteiger partial charge on any atom is -0.496 e. The molecule has 0 spiro atoms. The van der Waals surface area contributed by atoms with E-state index >= 15 is 0 Å². The number of methoxy groups -OCH3 is 1. The van der Waals surface area contributed by atoms with Gasteiger partial charge in [0.05, 0.1) is 12.8 Å². The maximum absolute atomic E-state index is 13.6. The number of amides is 1. The Morgan fingerprint density at radius 2 is 1.97 bits per heavy atom. The second kappa shape index (κ2) is 6.44. The van der Waals surface area contributed by atoms with Gasteiger partial charge in [-0.25, -0.2) is 0 Å². The first-order chi connectivity index (χ1) is 14.3. The van der Waals surface area contributed by atoms with E-state index in [0.717, 1.165) is 53.9 Å². The van der Waals surface area contributed by atoms with Crippen molar-refractivity contribution in [2.75, 3.05) is 13.7 Å². The van der Waals surface area contributed by atoms with Crippen LogP contribution in [0.5, 0.6) is 5.75 Å². The summed E-state index contributed by atoms with van der Waals surface area (Å²) in [7, 11) is 1.75. The third-order valence-corrected chi connectivity index (χ3v) is 8.24. The van der Waals surface area contributed by atoms with Crippen LogP contribution in [0.1, 0.15) is 59.8 Å². The van der Waals surface area contributed by atoms with E-state index in [1.54, 1.807) is 7.11 Å². The third kappa shape index (κ3) is 2.52. The summed E-state index contributed by atoms with van der Waals surface area (Å²) in [5, 5.41) is 0. The minimum atomic E-state index is -0.0337. The first-order valence-electron chi connectivity index (χ1n) is 10.9. The second-order valence-electron chi connectivity index (χ2n) is 9.86. The first kappa shape index (κ1) is 19.3. The number of aryl methyl sites for hydroxylation is 1. The van der Waals surface area contributed by atoms with Crippen LogP contribution in [0.25, 0.3) is 0 Å². The largest absolute Gasteiger partial charge is 0.496 e. The SMILES string of the molecule is COc1cc2c(cc1C)C[C@H]1N(C(=O)c3ccc4c(c3)CC=N4)CC[C@]2(C)C1(C)C. The molecular formula is C26H30N2O2. The van der Waals surface area contributed by atoms with Gasteiger partial charge in [-0.2, -0.15) is 0 Å². The quantitative estimate of drug-likeness (QED) is 0.708. The molecule has 2 aliphatic heterocycles. The maximum atomic E-state index is 13.6. The predicted molar refractivity (Wildman–Crippen MR) is 120 cm³/mol. The molecule has 1 saturated heterocycles. The Hall–Kier alpha value is -2.62. The van der Waals surface area contributed by atoms with Crippen molar-refractivity contribution >= 4 is 17.8 Å². The number of benzene rings is 2. The lowest BCUT2D eigenvalue weighted by atomic mass is 9.51. The fourth-order valence-electron chi connectivity index (χ4n) is 5.94. The summed E-state index contributed by atoms with van der Waals surface area (Å²) >= 11 is 0. The van der Waals surface area contributed by atoms with Crippen LogP contribution in [0.3, 0.4) is 0 Å². The van der Waals surface area contributed by atoms with Gasteiger partial charge in [0.1, 0.15) is 5.75 Å². The molecule has 2 aromatic carbocycles. The predicted octanol–water partition coefficient (Wildman–Crippen LogP) is 5.02. The molecule has 1 aliphatic carbocycles. The molecule has 1 amide bonds. The van der Waals surface area contributed by atoms with Crippen LogP contribution in [0, 0.1) is 12.3 Å². The van der Waals surface area contributed by atoms with Crippen LogP contribution >= 0.6 is 0 Å². The van der Waals surface area contributed by atoms with Gasteiger partial charge in [-0.3, -0.25) is 9.79 Å². The zero-order valence-electron chi connectivity index (χ0n) is 18.6. The molecule has 30 heavy (non-hydrogen) atoms. The molecule has 2 aromatic rings. The number of piperidine rings is 1. The molecule has 0 radical (unpaired) electrons. The van der Waals surface area contributed by atoms with Gasteiger partial charge in [0.25, 0.3) is 5.91 Å². The van der Waals surface area contributed by atoms with Crippen LogP contribution in [0.4, 0.5) is 5.69 Å². The fourth-order valence-corrected chi connectivity index (χ4v) is 5.94. The molecule has 0 unspecified atom stereocenters. The highest BCUT2D eigenvalue weighted by Crippen LogP contribution is 2.57. The van der Waals surface area contributed by atoms with Crippen molar-refractivity contribution in [1.82, 2.24) is 4.90 Å². The molecule has 2 bridgehead atoms. The fraction of sp³-hybridized carbons (Fsp3) is 0.462. The number of ether oxygens (including phenoxy) is 1. The number of nitrogens with zero attached hydrogens (tertiary/aromatic N) is 2. The summed E-state index contributed by atoms with van der Waals surface area (Å²) in [5.74, 6) is 1.11. The molecule has 0 saturated carbocycles. The zero-order chi connectivity index (χ0) is 21.3. The molecule has 156 valence electrons. The molecule has 0 N–H and O–H groups in total. The van der Waals surface area contributed by atoms with Gasteiger partial charge in [-0.15, -0.1) is 0 Å². The van der Waals surface area contributed by atoms with Crippen molar-refractivity contribution < 1.29 is 9.53 Å². The van der Waals surface area contributed by atoms with Crippen molar-refractivity contribution in [3.05, 3.63) is 58.1 Å². The topological polar surface area (TPSA) is 41.9 Å². The highest BCUT2D eigenvalue weighted by Gasteiger charge is 2.57. The summed E-state index contributed by atoms with van der Waals surface area (Å²) in [6.07, 6.45) is 4.58. The Morgan fingerprint density at radius 1 is 1.17 bits per heavy atom. The van der Waals surface area contributed by atoms with Gasteiger partial charge < -0.3 is 9.64 Å². The molecule has 5 rings (SSSR count). The highest BCUT2D eigenvalue weighted by atomic mass is 16.5. The van der Waals surface area contributed by atoms with Crippen molar-refractivity contribution in [3.8, 4) is 5.75 Å². The number of carbonyl (C=O) groups is 1. The van der Waals surface area contributed by atoms with Crippen molar-refractivity contribution in [1.29, 1.82) is 0 Å². The van der Waals surface area contributed by atoms with Gasteiger partial charge in [0.15, 0.2) is 0 Å². The Bertz CT molecular complexity index is 1080. The minimum absolute atomic E-state index is 0.00872. The normalized spacial score (nSPS) is 25.6. The van der Waals surface area contributed by atoms with Gasteiger partial charge in [-0.1, -0.05) is 26.8 Å². The third-order valence-electron chi connectivity index (χ3n) is 8.24. The summed E-state index contributed by atoms with van der Waals surface area (Å²) in [4.78, 5) is 20.2. The smallest absolute Gasteiger partial charge is 0.254 e. The zero-order valence-corrected chi connectivity index (χ0v) is 18.6. The van der Waals surface area contributed by atoms with E-state index in [0.29, 0.717) is 0 Å². The number of aliphatic imine (C=N–C) groups is 1. The first-order valence-corrected chi connectivity index (χ1v) is 10.9. The lowest BCUT2D eigenvalue weighted by Crippen LogP contribution is -2.64. The monoisotopic (exact) mass is 402 g/mol. The molecule has 4 nitrogen and oxygen atoms in total. The number of fused-ring (bicyclic) bond motifs is 5. The number of rotatable bonds is 2. The number of likely N-dealkylation sites (tertiary alicyclic amines) is 1. The van der Waals surface area contributed by atoms with Crippen molar-refractivity contribution in [2.45, 2.75) is 58.4 Å². The lowest BCUT2D eigenvalue weighted by molar-refractivity contribution is -0.0263. The Balaban J connectivity index is 1.55. The van der Waals surface area contributed by atoms with Crippen LogP contribution in [0.15, 0.2) is 35.3 Å². The number of hydrogen-bond donors (Lipinski definition) is 0. The van der Waals surface area contributed by atoms with Gasteiger partial charge in [0.2, 0.25) is 0 Å². The van der Waals surface area contributed by atoms with Crippen LogP contribution in [0.2, 0.25) is 0 Å². The number of carbonyl (C=O) groups excluding carboxylic acids is 1. The Morgan fingerprint density at radius 3 is 2.73 bits per heavy atom. The van der Waals surface area contributed by atoms with Crippen LogP contribution in [-0.4, -0.2) is 36.7 Å². The highest BCUT2D eigenvalue weighted by molar-refractivity contribution is 5.96. The van der Waals surface area contributed by atoms with E-state index in [2.05, 4.69) is 49.7 Å². The molecule has 2 heterocycles.